The fourth-order valence-corrected chi connectivity index (χ4v) is 1.71. The van der Waals surface area contributed by atoms with Crippen LogP contribution in [0.2, 0.25) is 0 Å². The average Bonchev–Trinajstić information content (AvgIpc) is 2.36. The van der Waals surface area contributed by atoms with Gasteiger partial charge in [-0.2, -0.15) is 0 Å². The number of methoxy groups -OCH3 is 1. The van der Waals surface area contributed by atoms with E-state index in [0.717, 1.165) is 0 Å². The lowest BCUT2D eigenvalue weighted by Crippen LogP contribution is -2.27. The third kappa shape index (κ3) is 4.76. The Morgan fingerprint density at radius 3 is 2.68 bits per heavy atom. The molecule has 6 heteroatoms. The fourth-order valence-electron chi connectivity index (χ4n) is 1.71. The first-order chi connectivity index (χ1) is 8.93. The van der Waals surface area contributed by atoms with Gasteiger partial charge in [-0.25, -0.2) is 0 Å². The van der Waals surface area contributed by atoms with Gasteiger partial charge < -0.3 is 26.0 Å². The van der Waals surface area contributed by atoms with Gasteiger partial charge in [-0.05, 0) is 24.1 Å². The second kappa shape index (κ2) is 6.96. The Morgan fingerprint density at radius 1 is 1.42 bits per heavy atom. The third-order valence-corrected chi connectivity index (χ3v) is 2.71. The van der Waals surface area contributed by atoms with E-state index in [-0.39, 0.29) is 12.3 Å². The number of nitrogens with two attached hydrogens (primary N) is 1. The van der Waals surface area contributed by atoms with Crippen molar-refractivity contribution in [2.24, 2.45) is 0 Å². The number of rotatable bonds is 6. The molecule has 0 aromatic heterocycles. The van der Waals surface area contributed by atoms with E-state index in [4.69, 9.17) is 10.5 Å². The van der Waals surface area contributed by atoms with Crippen LogP contribution in [0.1, 0.15) is 25.0 Å². The highest BCUT2D eigenvalue weighted by Gasteiger charge is 2.19. The van der Waals surface area contributed by atoms with Crippen molar-refractivity contribution in [1.82, 2.24) is 5.32 Å². The van der Waals surface area contributed by atoms with Crippen LogP contribution >= 0.6 is 0 Å². The molecule has 0 heterocycles. The molecule has 1 amide bonds. The number of aliphatic hydroxyl groups is 2. The Morgan fingerprint density at radius 2 is 2.11 bits per heavy atom. The molecule has 0 saturated heterocycles. The lowest BCUT2D eigenvalue weighted by Gasteiger charge is -2.19. The maximum Gasteiger partial charge on any atom is 0.216 e. The number of hydrogen-bond acceptors (Lipinski definition) is 5. The number of amides is 1. The van der Waals surface area contributed by atoms with E-state index in [0.29, 0.717) is 23.5 Å². The van der Waals surface area contributed by atoms with Crippen LogP contribution in [0.3, 0.4) is 0 Å². The maximum atomic E-state index is 10.7. The second-order valence-electron chi connectivity index (χ2n) is 4.32. The molecule has 0 aliphatic heterocycles. The van der Waals surface area contributed by atoms with Crippen molar-refractivity contribution in [2.75, 3.05) is 19.4 Å². The topological polar surface area (TPSA) is 105 Å². The quantitative estimate of drug-likeness (QED) is 0.552. The number of ether oxygens (including phenoxy) is 1. The predicted octanol–water partition coefficient (Wildman–Crippen LogP) is 0.198. The summed E-state index contributed by atoms with van der Waals surface area (Å²) in [5.41, 5.74) is 6.61. The van der Waals surface area contributed by atoms with Gasteiger partial charge in [-0.1, -0.05) is 0 Å². The number of carbonyl (C=O) groups excluding carboxylic acids is 1. The van der Waals surface area contributed by atoms with Crippen LogP contribution in [0, 0.1) is 0 Å². The van der Waals surface area contributed by atoms with E-state index in [1.54, 1.807) is 18.2 Å². The molecule has 6 nitrogen and oxygen atoms in total. The molecule has 5 N–H and O–H groups in total. The highest BCUT2D eigenvalue weighted by Crippen LogP contribution is 2.26. The first-order valence-corrected chi connectivity index (χ1v) is 5.99. The third-order valence-electron chi connectivity index (χ3n) is 2.71. The van der Waals surface area contributed by atoms with Gasteiger partial charge in [0.2, 0.25) is 5.91 Å². The number of hydrogen-bond donors (Lipinski definition) is 4. The van der Waals surface area contributed by atoms with Gasteiger partial charge >= 0.3 is 0 Å². The number of nitrogens with one attached hydrogen (secondary N) is 1. The number of carbonyl (C=O) groups is 1. The molecule has 1 aromatic carbocycles. The van der Waals surface area contributed by atoms with Crippen molar-refractivity contribution < 1.29 is 19.7 Å². The van der Waals surface area contributed by atoms with Gasteiger partial charge in [0, 0.05) is 25.2 Å². The van der Waals surface area contributed by atoms with E-state index in [2.05, 4.69) is 5.32 Å². The minimum absolute atomic E-state index is 0.174. The summed E-state index contributed by atoms with van der Waals surface area (Å²) in [6.07, 6.45) is -1.82. The van der Waals surface area contributed by atoms with Crippen LogP contribution < -0.4 is 15.8 Å². The molecule has 0 fully saturated rings. The Labute approximate surface area is 112 Å². The van der Waals surface area contributed by atoms with Gasteiger partial charge in [0.15, 0.2) is 0 Å². The maximum absolute atomic E-state index is 10.7. The first kappa shape index (κ1) is 15.3. The molecular weight excluding hydrogens is 248 g/mol. The lowest BCUT2D eigenvalue weighted by molar-refractivity contribution is -0.119. The van der Waals surface area contributed by atoms with Gasteiger partial charge in [0.05, 0.1) is 13.2 Å². The molecule has 106 valence electrons. The fraction of sp³-hybridized carbons (Fsp3) is 0.462. The van der Waals surface area contributed by atoms with E-state index in [9.17, 15) is 15.0 Å². The van der Waals surface area contributed by atoms with Crippen LogP contribution in [-0.2, 0) is 4.79 Å². The highest BCUT2D eigenvalue weighted by molar-refractivity contribution is 5.72. The predicted molar refractivity (Wildman–Crippen MR) is 71.7 cm³/mol. The molecule has 2 unspecified atom stereocenters. The second-order valence-corrected chi connectivity index (χ2v) is 4.32. The van der Waals surface area contributed by atoms with Crippen molar-refractivity contribution in [3.63, 3.8) is 0 Å². The molecule has 0 spiro atoms. The summed E-state index contributed by atoms with van der Waals surface area (Å²) in [7, 11) is 1.50. The van der Waals surface area contributed by atoms with Crippen LogP contribution in [-0.4, -0.2) is 35.9 Å². The molecule has 0 aliphatic rings. The molecule has 0 aliphatic carbocycles. The molecule has 1 rings (SSSR count). The summed E-state index contributed by atoms with van der Waals surface area (Å²) in [5.74, 6) is 0.343. The largest absolute Gasteiger partial charge is 0.497 e. The Bertz CT molecular complexity index is 437. The lowest BCUT2D eigenvalue weighted by atomic mass is 10.0. The Balaban J connectivity index is 2.67. The molecule has 0 saturated carbocycles. The van der Waals surface area contributed by atoms with Crippen molar-refractivity contribution in [2.45, 2.75) is 25.6 Å². The zero-order valence-corrected chi connectivity index (χ0v) is 11.1. The van der Waals surface area contributed by atoms with E-state index < -0.39 is 12.2 Å². The van der Waals surface area contributed by atoms with Crippen LogP contribution in [0.15, 0.2) is 18.2 Å². The van der Waals surface area contributed by atoms with Gasteiger partial charge in [-0.15, -0.1) is 0 Å². The number of benzene rings is 1. The molecule has 0 radical (unpaired) electrons. The monoisotopic (exact) mass is 268 g/mol. The smallest absolute Gasteiger partial charge is 0.216 e. The minimum Gasteiger partial charge on any atom is -0.497 e. The zero-order chi connectivity index (χ0) is 14.4. The summed E-state index contributed by atoms with van der Waals surface area (Å²) in [5, 5.41) is 22.4. The number of nitrogen functional groups attached to an aromatic ring is 1. The zero-order valence-electron chi connectivity index (χ0n) is 11.1. The first-order valence-electron chi connectivity index (χ1n) is 5.99. The highest BCUT2D eigenvalue weighted by atomic mass is 16.5. The van der Waals surface area contributed by atoms with Crippen LogP contribution in [0.5, 0.6) is 5.75 Å². The van der Waals surface area contributed by atoms with Crippen molar-refractivity contribution >= 4 is 11.6 Å². The summed E-state index contributed by atoms with van der Waals surface area (Å²) in [6.45, 7) is 1.69. The van der Waals surface area contributed by atoms with Gasteiger partial charge in [-0.3, -0.25) is 4.79 Å². The number of anilines is 1. The molecular formula is C13H20N2O4. The number of aliphatic hydroxyl groups excluding tert-OH is 2. The summed E-state index contributed by atoms with van der Waals surface area (Å²) < 4.78 is 5.05. The Hall–Kier alpha value is -1.79. The standard InChI is InChI=1S/C13H20N2O4/c1-8(16)15-4-3-12(17)13(18)9-5-10(14)7-11(6-9)19-2/h5-7,12-13,17-18H,3-4,14H2,1-2H3,(H,15,16). The van der Waals surface area contributed by atoms with Crippen molar-refractivity contribution in [3.8, 4) is 5.75 Å². The molecule has 19 heavy (non-hydrogen) atoms. The van der Waals surface area contributed by atoms with E-state index >= 15 is 0 Å². The van der Waals surface area contributed by atoms with E-state index in [1.165, 1.54) is 14.0 Å². The Kier molecular flexibility index (Phi) is 5.59. The van der Waals surface area contributed by atoms with E-state index in [1.807, 2.05) is 0 Å². The van der Waals surface area contributed by atoms with Crippen LogP contribution in [0.4, 0.5) is 5.69 Å². The molecule has 1 aromatic rings. The molecule has 2 atom stereocenters. The summed E-state index contributed by atoms with van der Waals surface area (Å²) in [6, 6.07) is 4.82. The minimum atomic E-state index is -1.08. The van der Waals surface area contributed by atoms with Crippen molar-refractivity contribution in [3.05, 3.63) is 23.8 Å². The SMILES string of the molecule is COc1cc(N)cc(C(O)C(O)CCNC(C)=O)c1. The van der Waals surface area contributed by atoms with Gasteiger partial charge in [0.1, 0.15) is 11.9 Å². The summed E-state index contributed by atoms with van der Waals surface area (Å²) >= 11 is 0. The van der Waals surface area contributed by atoms with Crippen LogP contribution in [0.25, 0.3) is 0 Å². The normalized spacial score (nSPS) is 13.7. The average molecular weight is 268 g/mol. The van der Waals surface area contributed by atoms with Gasteiger partial charge in [0.25, 0.3) is 0 Å². The molecule has 0 bridgehead atoms. The summed E-state index contributed by atoms with van der Waals surface area (Å²) in [4.78, 5) is 10.7. The van der Waals surface area contributed by atoms with Crippen molar-refractivity contribution in [1.29, 1.82) is 0 Å².